The maximum absolute atomic E-state index is 11.3. The molecule has 11 nitrogen and oxygen atoms in total. The Morgan fingerprint density at radius 2 is 1.87 bits per heavy atom. The molecule has 2 aromatic carbocycles. The molecule has 0 fully saturated rings. The van der Waals surface area contributed by atoms with Crippen LogP contribution in [-0.4, -0.2) is 30.6 Å². The van der Waals surface area contributed by atoms with Gasteiger partial charge in [0.05, 0.1) is 21.4 Å². The number of anilines is 1. The zero-order chi connectivity index (χ0) is 21.9. The summed E-state index contributed by atoms with van der Waals surface area (Å²) >= 11 is 0. The minimum absolute atomic E-state index is 0.0820. The number of hydrogen-bond donors (Lipinski definition) is 1. The molecule has 1 N–H and O–H groups in total. The first-order valence-electron chi connectivity index (χ1n) is 9.21. The fourth-order valence-corrected chi connectivity index (χ4v) is 2.90. The van der Waals surface area contributed by atoms with Crippen molar-refractivity contribution in [3.05, 3.63) is 62.7 Å². The van der Waals surface area contributed by atoms with Crippen LogP contribution in [0, 0.1) is 25.6 Å². The molecule has 3 rings (SSSR count). The Bertz CT molecular complexity index is 1130. The number of para-hydroxylation sites is 1. The van der Waals surface area contributed by atoms with Crippen molar-refractivity contribution in [1.29, 1.82) is 0 Å². The number of nitrogens with zero attached hydrogens (tertiary/aromatic N) is 6. The summed E-state index contributed by atoms with van der Waals surface area (Å²) < 4.78 is 1.78. The zero-order valence-electron chi connectivity index (χ0n) is 16.8. The number of non-ortho nitro benzene ring substituents is 1. The highest BCUT2D eigenvalue weighted by Crippen LogP contribution is 2.29. The number of rotatable bonds is 7. The highest BCUT2D eigenvalue weighted by Gasteiger charge is 2.22. The topological polar surface area (TPSA) is 141 Å². The summed E-state index contributed by atoms with van der Waals surface area (Å²) in [5.41, 5.74) is 4.17. The van der Waals surface area contributed by atoms with Gasteiger partial charge in [-0.25, -0.2) is 4.68 Å². The summed E-state index contributed by atoms with van der Waals surface area (Å²) in [6, 6.07) is 11.0. The van der Waals surface area contributed by atoms with Gasteiger partial charge >= 0.3 is 5.69 Å². The number of aryl methyl sites for hydroxylation is 1. The molecule has 0 radical (unpaired) electrons. The number of benzene rings is 2. The maximum atomic E-state index is 11.3. The third kappa shape index (κ3) is 4.57. The molecule has 3 aromatic rings. The summed E-state index contributed by atoms with van der Waals surface area (Å²) in [6.45, 7) is 6.48. The van der Waals surface area contributed by atoms with Crippen LogP contribution in [0.15, 0.2) is 47.6 Å². The number of hydrazone groups is 1. The SMILES string of the molecule is CC(C)(C)/C(CCn1nnc2ccccc21)=N\Nc1ccc([N+](=O)[O-])cc1[N+](=O)[O-]. The largest absolute Gasteiger partial charge is 0.301 e. The van der Waals surface area contributed by atoms with E-state index in [0.717, 1.165) is 22.8 Å². The van der Waals surface area contributed by atoms with Gasteiger partial charge in [0.2, 0.25) is 0 Å². The molecule has 0 aliphatic rings. The maximum Gasteiger partial charge on any atom is 0.301 e. The van der Waals surface area contributed by atoms with Crippen LogP contribution in [0.3, 0.4) is 0 Å². The molecule has 0 amide bonds. The molecule has 11 heteroatoms. The predicted molar refractivity (Wildman–Crippen MR) is 112 cm³/mol. The molecule has 0 bridgehead atoms. The summed E-state index contributed by atoms with van der Waals surface area (Å²) in [5, 5.41) is 34.9. The van der Waals surface area contributed by atoms with Crippen molar-refractivity contribution >= 4 is 33.8 Å². The van der Waals surface area contributed by atoms with E-state index in [2.05, 4.69) is 20.8 Å². The third-order valence-corrected chi connectivity index (χ3v) is 4.55. The number of nitrogens with one attached hydrogen (secondary N) is 1. The molecule has 0 saturated carbocycles. The standard InChI is InChI=1S/C19H21N7O4/c1-19(2,3)18(10-11-24-16-7-5-4-6-14(16)21-23-24)22-20-15-9-8-13(25(27)28)12-17(15)26(29)30/h4-9,12,20H,10-11H2,1-3H3/b22-18-. The summed E-state index contributed by atoms with van der Waals surface area (Å²) in [5.74, 6) is 0. The molecule has 1 heterocycles. The van der Waals surface area contributed by atoms with E-state index in [-0.39, 0.29) is 16.8 Å². The number of nitro groups is 2. The third-order valence-electron chi connectivity index (χ3n) is 4.55. The van der Waals surface area contributed by atoms with Gasteiger partial charge in [0, 0.05) is 30.2 Å². The normalized spacial score (nSPS) is 12.2. The van der Waals surface area contributed by atoms with E-state index in [1.54, 1.807) is 4.68 Å². The van der Waals surface area contributed by atoms with Crippen LogP contribution in [0.25, 0.3) is 11.0 Å². The lowest BCUT2D eigenvalue weighted by atomic mass is 9.88. The minimum atomic E-state index is -0.678. The molecular weight excluding hydrogens is 390 g/mol. The van der Waals surface area contributed by atoms with Gasteiger partial charge in [-0.05, 0) is 18.2 Å². The number of nitro benzene ring substituents is 2. The van der Waals surface area contributed by atoms with Gasteiger partial charge in [0.15, 0.2) is 0 Å². The van der Waals surface area contributed by atoms with Crippen LogP contribution in [0.5, 0.6) is 0 Å². The van der Waals surface area contributed by atoms with Gasteiger partial charge in [-0.15, -0.1) is 5.10 Å². The van der Waals surface area contributed by atoms with Gasteiger partial charge in [-0.2, -0.15) is 5.10 Å². The highest BCUT2D eigenvalue weighted by molar-refractivity contribution is 5.90. The van der Waals surface area contributed by atoms with Crippen LogP contribution < -0.4 is 5.43 Å². The van der Waals surface area contributed by atoms with Crippen LogP contribution >= 0.6 is 0 Å². The van der Waals surface area contributed by atoms with E-state index in [9.17, 15) is 20.2 Å². The quantitative estimate of drug-likeness (QED) is 0.349. The molecule has 30 heavy (non-hydrogen) atoms. The van der Waals surface area contributed by atoms with E-state index in [4.69, 9.17) is 0 Å². The van der Waals surface area contributed by atoms with Crippen LogP contribution in [0.2, 0.25) is 0 Å². The van der Waals surface area contributed by atoms with Crippen LogP contribution in [0.4, 0.5) is 17.1 Å². The second-order valence-corrected chi connectivity index (χ2v) is 7.69. The van der Waals surface area contributed by atoms with Crippen LogP contribution in [0.1, 0.15) is 27.2 Å². The lowest BCUT2D eigenvalue weighted by Gasteiger charge is -2.21. The van der Waals surface area contributed by atoms with Gasteiger partial charge in [-0.1, -0.05) is 38.1 Å². The van der Waals surface area contributed by atoms with E-state index in [0.29, 0.717) is 13.0 Å². The summed E-state index contributed by atoms with van der Waals surface area (Å²) in [4.78, 5) is 20.9. The first-order valence-corrected chi connectivity index (χ1v) is 9.21. The van der Waals surface area contributed by atoms with E-state index in [1.165, 1.54) is 12.1 Å². The van der Waals surface area contributed by atoms with E-state index >= 15 is 0 Å². The Balaban J connectivity index is 1.84. The molecule has 0 saturated heterocycles. The number of aromatic nitrogens is 3. The Labute approximate surface area is 171 Å². The van der Waals surface area contributed by atoms with E-state index in [1.807, 2.05) is 45.0 Å². The van der Waals surface area contributed by atoms with Crippen molar-refractivity contribution in [3.8, 4) is 0 Å². The highest BCUT2D eigenvalue weighted by atomic mass is 16.6. The smallest absolute Gasteiger partial charge is 0.272 e. The second-order valence-electron chi connectivity index (χ2n) is 7.69. The van der Waals surface area contributed by atoms with Crippen molar-refractivity contribution in [3.63, 3.8) is 0 Å². The van der Waals surface area contributed by atoms with Crippen molar-refractivity contribution in [2.24, 2.45) is 10.5 Å². The minimum Gasteiger partial charge on any atom is -0.272 e. The summed E-state index contributed by atoms with van der Waals surface area (Å²) in [7, 11) is 0. The molecule has 0 atom stereocenters. The van der Waals surface area contributed by atoms with Crippen LogP contribution in [-0.2, 0) is 6.54 Å². The lowest BCUT2D eigenvalue weighted by molar-refractivity contribution is -0.393. The molecule has 0 unspecified atom stereocenters. The Morgan fingerprint density at radius 1 is 1.13 bits per heavy atom. The van der Waals surface area contributed by atoms with Crippen molar-refractivity contribution in [2.75, 3.05) is 5.43 Å². The monoisotopic (exact) mass is 411 g/mol. The first-order chi connectivity index (χ1) is 14.2. The first kappa shape index (κ1) is 20.8. The molecule has 0 aliphatic heterocycles. The summed E-state index contributed by atoms with van der Waals surface area (Å²) in [6.07, 6.45) is 0.532. The van der Waals surface area contributed by atoms with Crippen molar-refractivity contribution < 1.29 is 9.85 Å². The Kier molecular flexibility index (Phi) is 5.72. The average molecular weight is 411 g/mol. The van der Waals surface area contributed by atoms with Crippen molar-refractivity contribution in [2.45, 2.75) is 33.7 Å². The zero-order valence-corrected chi connectivity index (χ0v) is 16.8. The molecule has 1 aromatic heterocycles. The van der Waals surface area contributed by atoms with Gasteiger partial charge in [0.25, 0.3) is 5.69 Å². The molecule has 156 valence electrons. The average Bonchev–Trinajstić information content (AvgIpc) is 3.10. The second kappa shape index (κ2) is 8.23. The fourth-order valence-electron chi connectivity index (χ4n) is 2.90. The molecule has 0 aliphatic carbocycles. The van der Waals surface area contributed by atoms with Gasteiger partial charge in [-0.3, -0.25) is 25.7 Å². The Morgan fingerprint density at radius 3 is 2.53 bits per heavy atom. The van der Waals surface area contributed by atoms with Gasteiger partial charge in [0.1, 0.15) is 11.2 Å². The number of hydrogen-bond acceptors (Lipinski definition) is 8. The lowest BCUT2D eigenvalue weighted by Crippen LogP contribution is -2.23. The predicted octanol–water partition coefficient (Wildman–Crippen LogP) is 4.15. The molecular formula is C19H21N7O4. The fraction of sp³-hybridized carbons (Fsp3) is 0.316. The van der Waals surface area contributed by atoms with Gasteiger partial charge < -0.3 is 0 Å². The molecule has 0 spiro atoms. The van der Waals surface area contributed by atoms with E-state index < -0.39 is 15.5 Å². The number of fused-ring (bicyclic) bond motifs is 1. The van der Waals surface area contributed by atoms with Crippen molar-refractivity contribution in [1.82, 2.24) is 15.0 Å². The Hall–Kier alpha value is -3.89.